The molecule has 0 saturated carbocycles. The van der Waals surface area contributed by atoms with E-state index in [-0.39, 0.29) is 18.0 Å². The van der Waals surface area contributed by atoms with Crippen LogP contribution < -0.4 is 11.1 Å². The first kappa shape index (κ1) is 11.9. The number of hydrogen-bond acceptors (Lipinski definition) is 6. The largest absolute Gasteiger partial charge is 0.379 e. The quantitative estimate of drug-likeness (QED) is 0.606. The van der Waals surface area contributed by atoms with Gasteiger partial charge in [-0.1, -0.05) is 5.21 Å². The number of carbonyl (C=O) groups is 1. The van der Waals surface area contributed by atoms with Crippen LogP contribution in [0, 0.1) is 5.41 Å². The number of amides is 1. The van der Waals surface area contributed by atoms with Crippen molar-refractivity contribution < 1.29 is 9.53 Å². The second-order valence-corrected chi connectivity index (χ2v) is 4.50. The number of nitrogens with one attached hydrogen (secondary N) is 2. The minimum absolute atomic E-state index is 0.153. The molecule has 1 aromatic heterocycles. The van der Waals surface area contributed by atoms with Crippen molar-refractivity contribution in [2.45, 2.75) is 25.9 Å². The number of carbonyl (C=O) groups excluding carboxylic acids is 1. The Morgan fingerprint density at radius 2 is 2.53 bits per heavy atom. The summed E-state index contributed by atoms with van der Waals surface area (Å²) in [5.41, 5.74) is 5.18. The molecule has 8 nitrogen and oxygen atoms in total. The molecular formula is C9H16N6O2. The van der Waals surface area contributed by atoms with Crippen molar-refractivity contribution in [1.29, 1.82) is 0 Å². The number of hydrogen-bond donors (Lipinski definition) is 3. The second-order valence-electron chi connectivity index (χ2n) is 4.50. The Bertz CT molecular complexity index is 394. The molecule has 0 aromatic carbocycles. The van der Waals surface area contributed by atoms with E-state index in [1.165, 1.54) is 0 Å². The summed E-state index contributed by atoms with van der Waals surface area (Å²) in [6.07, 6.45) is 0. The average molecular weight is 240 g/mol. The molecule has 17 heavy (non-hydrogen) atoms. The summed E-state index contributed by atoms with van der Waals surface area (Å²) in [4.78, 5) is 12.1. The topological polar surface area (TPSA) is 119 Å². The summed E-state index contributed by atoms with van der Waals surface area (Å²) in [6, 6.07) is -0.606. The fourth-order valence-electron chi connectivity index (χ4n) is 1.70. The van der Waals surface area contributed by atoms with Crippen molar-refractivity contribution in [3.05, 3.63) is 5.82 Å². The highest BCUT2D eigenvalue weighted by Crippen LogP contribution is 2.27. The molecule has 1 aromatic rings. The number of ether oxygens (including phenoxy) is 1. The summed E-state index contributed by atoms with van der Waals surface area (Å²) in [7, 11) is 0. The lowest BCUT2D eigenvalue weighted by molar-refractivity contribution is -0.131. The average Bonchev–Trinajstić information content (AvgIpc) is 2.90. The summed E-state index contributed by atoms with van der Waals surface area (Å²) in [5, 5.41) is 16.2. The van der Waals surface area contributed by atoms with Gasteiger partial charge >= 0.3 is 0 Å². The Labute approximate surface area is 98.3 Å². The molecule has 3 atom stereocenters. The maximum Gasteiger partial charge on any atom is 0.230 e. The Balaban J connectivity index is 2.02. The molecule has 1 fully saturated rings. The fraction of sp³-hybridized carbons (Fsp3) is 0.778. The zero-order chi connectivity index (χ0) is 12.5. The van der Waals surface area contributed by atoms with Gasteiger partial charge in [-0.15, -0.1) is 10.2 Å². The van der Waals surface area contributed by atoms with E-state index in [2.05, 4.69) is 25.9 Å². The molecule has 0 radical (unpaired) electrons. The van der Waals surface area contributed by atoms with E-state index < -0.39 is 5.41 Å². The van der Waals surface area contributed by atoms with Crippen LogP contribution in [-0.4, -0.2) is 45.8 Å². The molecule has 1 aliphatic rings. The minimum atomic E-state index is -0.696. The molecule has 1 aliphatic heterocycles. The van der Waals surface area contributed by atoms with Gasteiger partial charge in [0, 0.05) is 6.04 Å². The lowest BCUT2D eigenvalue weighted by atomic mass is 9.84. The van der Waals surface area contributed by atoms with Crippen LogP contribution >= 0.6 is 0 Å². The predicted octanol–water partition coefficient (Wildman–Crippen LogP) is -1.26. The maximum atomic E-state index is 12.1. The fourth-order valence-corrected chi connectivity index (χ4v) is 1.70. The van der Waals surface area contributed by atoms with Crippen LogP contribution in [0.25, 0.3) is 0 Å². The van der Waals surface area contributed by atoms with Gasteiger partial charge in [-0.2, -0.15) is 5.21 Å². The van der Waals surface area contributed by atoms with E-state index in [9.17, 15) is 4.79 Å². The molecule has 0 spiro atoms. The summed E-state index contributed by atoms with van der Waals surface area (Å²) in [6.45, 7) is 4.32. The number of aromatic nitrogens is 4. The van der Waals surface area contributed by atoms with Crippen LogP contribution in [0.3, 0.4) is 0 Å². The first-order chi connectivity index (χ1) is 8.04. The number of aromatic amines is 1. The smallest absolute Gasteiger partial charge is 0.230 e. The maximum absolute atomic E-state index is 12.1. The third-order valence-corrected chi connectivity index (χ3v) is 3.13. The number of H-pyrrole nitrogens is 1. The molecule has 94 valence electrons. The zero-order valence-corrected chi connectivity index (χ0v) is 9.80. The number of rotatable bonds is 3. The summed E-state index contributed by atoms with van der Waals surface area (Å²) in [5.74, 6) is 0.286. The molecule has 4 N–H and O–H groups in total. The molecule has 2 heterocycles. The van der Waals surface area contributed by atoms with Gasteiger partial charge in [0.2, 0.25) is 5.91 Å². The van der Waals surface area contributed by atoms with Crippen molar-refractivity contribution in [3.63, 3.8) is 0 Å². The highest BCUT2D eigenvalue weighted by molar-refractivity contribution is 5.83. The molecule has 1 saturated heterocycles. The summed E-state index contributed by atoms with van der Waals surface area (Å²) < 4.78 is 5.23. The minimum Gasteiger partial charge on any atom is -0.379 e. The van der Waals surface area contributed by atoms with Crippen LogP contribution in [0.5, 0.6) is 0 Å². The third kappa shape index (κ3) is 2.13. The number of tetrazole rings is 1. The highest BCUT2D eigenvalue weighted by Gasteiger charge is 2.44. The van der Waals surface area contributed by atoms with Gasteiger partial charge in [0.15, 0.2) is 5.82 Å². The Morgan fingerprint density at radius 3 is 3.06 bits per heavy atom. The molecule has 0 bridgehead atoms. The number of nitrogens with two attached hydrogens (primary N) is 1. The van der Waals surface area contributed by atoms with E-state index >= 15 is 0 Å². The standard InChI is InChI=1S/C9H16N6O2/c1-5(7-12-14-15-13-7)11-8(16)9(2)4-17-3-6(9)10/h5-6H,3-4,10H2,1-2H3,(H,11,16)(H,12,13,14,15). The van der Waals surface area contributed by atoms with E-state index in [1.807, 2.05) is 0 Å². The Kier molecular flexibility index (Phi) is 3.07. The van der Waals surface area contributed by atoms with Gasteiger partial charge in [0.05, 0.1) is 24.7 Å². The van der Waals surface area contributed by atoms with Crippen molar-refractivity contribution >= 4 is 5.91 Å². The molecular weight excluding hydrogens is 224 g/mol. The van der Waals surface area contributed by atoms with Crippen LogP contribution in [-0.2, 0) is 9.53 Å². The van der Waals surface area contributed by atoms with Crippen LogP contribution in [0.4, 0.5) is 0 Å². The van der Waals surface area contributed by atoms with Gasteiger partial charge in [-0.05, 0) is 13.8 Å². The Hall–Kier alpha value is -1.54. The third-order valence-electron chi connectivity index (χ3n) is 3.13. The van der Waals surface area contributed by atoms with E-state index in [0.29, 0.717) is 19.0 Å². The van der Waals surface area contributed by atoms with E-state index in [1.54, 1.807) is 13.8 Å². The van der Waals surface area contributed by atoms with Crippen molar-refractivity contribution in [3.8, 4) is 0 Å². The van der Waals surface area contributed by atoms with Crippen molar-refractivity contribution in [2.75, 3.05) is 13.2 Å². The molecule has 8 heteroatoms. The van der Waals surface area contributed by atoms with Gasteiger partial charge in [0.1, 0.15) is 0 Å². The summed E-state index contributed by atoms with van der Waals surface area (Å²) >= 11 is 0. The second kappa shape index (κ2) is 4.38. The first-order valence-electron chi connectivity index (χ1n) is 5.41. The van der Waals surface area contributed by atoms with Gasteiger partial charge in [-0.25, -0.2) is 0 Å². The molecule has 3 unspecified atom stereocenters. The van der Waals surface area contributed by atoms with Gasteiger partial charge < -0.3 is 15.8 Å². The zero-order valence-electron chi connectivity index (χ0n) is 9.80. The van der Waals surface area contributed by atoms with Crippen LogP contribution in [0.1, 0.15) is 25.7 Å². The van der Waals surface area contributed by atoms with E-state index in [4.69, 9.17) is 10.5 Å². The normalized spacial score (nSPS) is 30.2. The van der Waals surface area contributed by atoms with Crippen molar-refractivity contribution in [2.24, 2.45) is 11.1 Å². The van der Waals surface area contributed by atoms with Crippen molar-refractivity contribution in [1.82, 2.24) is 25.9 Å². The molecule has 2 rings (SSSR count). The first-order valence-corrected chi connectivity index (χ1v) is 5.41. The molecule has 1 amide bonds. The lowest BCUT2D eigenvalue weighted by Crippen LogP contribution is -2.50. The van der Waals surface area contributed by atoms with Gasteiger partial charge in [-0.3, -0.25) is 4.79 Å². The van der Waals surface area contributed by atoms with Crippen LogP contribution in [0.15, 0.2) is 0 Å². The van der Waals surface area contributed by atoms with E-state index in [0.717, 1.165) is 0 Å². The highest BCUT2D eigenvalue weighted by atomic mass is 16.5. The predicted molar refractivity (Wildman–Crippen MR) is 57.6 cm³/mol. The molecule has 0 aliphatic carbocycles. The monoisotopic (exact) mass is 240 g/mol. The SMILES string of the molecule is CC(NC(=O)C1(C)COCC1N)c1nn[nH]n1. The lowest BCUT2D eigenvalue weighted by Gasteiger charge is -2.26. The van der Waals surface area contributed by atoms with Crippen LogP contribution in [0.2, 0.25) is 0 Å². The Morgan fingerprint density at radius 1 is 1.76 bits per heavy atom. The van der Waals surface area contributed by atoms with Gasteiger partial charge in [0.25, 0.3) is 0 Å². The number of nitrogens with zero attached hydrogens (tertiary/aromatic N) is 3.